The summed E-state index contributed by atoms with van der Waals surface area (Å²) >= 11 is 0. The third-order valence-corrected chi connectivity index (χ3v) is 2.92. The molecule has 0 saturated carbocycles. The molecular weight excluding hydrogens is 192 g/mol. The molecule has 1 atom stereocenters. The van der Waals surface area contributed by atoms with Crippen molar-refractivity contribution in [2.45, 2.75) is 19.3 Å². The summed E-state index contributed by atoms with van der Waals surface area (Å²) in [4.78, 5) is 13.5. The summed E-state index contributed by atoms with van der Waals surface area (Å²) in [6.07, 6.45) is 3.05. The minimum absolute atomic E-state index is 0.237. The van der Waals surface area contributed by atoms with Crippen LogP contribution in [0.5, 0.6) is 0 Å². The second-order valence-electron chi connectivity index (χ2n) is 4.22. The molecule has 1 heterocycles. The van der Waals surface area contributed by atoms with E-state index in [1.807, 2.05) is 7.05 Å². The minimum Gasteiger partial charge on any atom is -0.383 e. The number of hydrogen-bond acceptors (Lipinski definition) is 3. The molecule has 0 aromatic rings. The summed E-state index contributed by atoms with van der Waals surface area (Å²) < 4.78 is 4.95. The van der Waals surface area contributed by atoms with Crippen molar-refractivity contribution in [3.63, 3.8) is 0 Å². The topological polar surface area (TPSA) is 41.6 Å². The van der Waals surface area contributed by atoms with E-state index in [0.29, 0.717) is 25.5 Å². The van der Waals surface area contributed by atoms with Crippen molar-refractivity contribution < 1.29 is 9.53 Å². The number of piperidine rings is 1. The van der Waals surface area contributed by atoms with Gasteiger partial charge in [0.1, 0.15) is 0 Å². The Kier molecular flexibility index (Phi) is 5.65. The largest absolute Gasteiger partial charge is 0.383 e. The van der Waals surface area contributed by atoms with E-state index in [1.165, 1.54) is 12.8 Å². The highest BCUT2D eigenvalue weighted by atomic mass is 16.5. The van der Waals surface area contributed by atoms with Crippen LogP contribution in [0.4, 0.5) is 0 Å². The molecule has 15 heavy (non-hydrogen) atoms. The summed E-state index contributed by atoms with van der Waals surface area (Å²) in [6.45, 7) is 3.40. The Bertz CT molecular complexity index is 191. The molecule has 1 saturated heterocycles. The van der Waals surface area contributed by atoms with Gasteiger partial charge in [-0.2, -0.15) is 0 Å². The van der Waals surface area contributed by atoms with Gasteiger partial charge in [-0.25, -0.2) is 0 Å². The van der Waals surface area contributed by atoms with E-state index in [2.05, 4.69) is 5.32 Å². The molecule has 1 rings (SSSR count). The van der Waals surface area contributed by atoms with Gasteiger partial charge < -0.3 is 15.0 Å². The van der Waals surface area contributed by atoms with E-state index in [4.69, 9.17) is 4.74 Å². The molecule has 0 aromatic carbocycles. The average molecular weight is 214 g/mol. The molecule has 1 unspecified atom stereocenters. The van der Waals surface area contributed by atoms with Gasteiger partial charge in [0.25, 0.3) is 0 Å². The van der Waals surface area contributed by atoms with Crippen LogP contribution in [0.15, 0.2) is 0 Å². The summed E-state index contributed by atoms with van der Waals surface area (Å²) in [5.41, 5.74) is 0. The van der Waals surface area contributed by atoms with Crippen molar-refractivity contribution >= 4 is 5.91 Å². The zero-order valence-corrected chi connectivity index (χ0v) is 9.79. The van der Waals surface area contributed by atoms with Gasteiger partial charge in [-0.3, -0.25) is 4.79 Å². The van der Waals surface area contributed by atoms with Gasteiger partial charge in [-0.05, 0) is 31.8 Å². The number of likely N-dealkylation sites (N-methyl/N-ethyl adjacent to an activating group) is 1. The molecule has 1 aliphatic heterocycles. The first kappa shape index (κ1) is 12.5. The van der Waals surface area contributed by atoms with Crippen LogP contribution in [0.1, 0.15) is 19.3 Å². The van der Waals surface area contributed by atoms with Crippen LogP contribution < -0.4 is 5.32 Å². The van der Waals surface area contributed by atoms with E-state index < -0.39 is 0 Å². The molecule has 0 radical (unpaired) electrons. The SMILES string of the molecule is COCCN(C)C(=O)CC1CCCNC1. The van der Waals surface area contributed by atoms with Crippen molar-refractivity contribution in [1.29, 1.82) is 0 Å². The first-order valence-corrected chi connectivity index (χ1v) is 5.67. The molecular formula is C11H22N2O2. The van der Waals surface area contributed by atoms with Crippen LogP contribution >= 0.6 is 0 Å². The van der Waals surface area contributed by atoms with Crippen molar-refractivity contribution in [2.24, 2.45) is 5.92 Å². The summed E-state index contributed by atoms with van der Waals surface area (Å²) in [5, 5.41) is 3.33. The Morgan fingerprint density at radius 3 is 3.00 bits per heavy atom. The van der Waals surface area contributed by atoms with Crippen molar-refractivity contribution in [1.82, 2.24) is 10.2 Å². The Balaban J connectivity index is 2.20. The van der Waals surface area contributed by atoms with Gasteiger partial charge in [-0.1, -0.05) is 0 Å². The van der Waals surface area contributed by atoms with Crippen molar-refractivity contribution in [3.05, 3.63) is 0 Å². The van der Waals surface area contributed by atoms with E-state index in [1.54, 1.807) is 12.0 Å². The maximum Gasteiger partial charge on any atom is 0.222 e. The van der Waals surface area contributed by atoms with E-state index in [-0.39, 0.29) is 5.91 Å². The van der Waals surface area contributed by atoms with Crippen LogP contribution in [0, 0.1) is 5.92 Å². The van der Waals surface area contributed by atoms with E-state index in [9.17, 15) is 4.79 Å². The Morgan fingerprint density at radius 1 is 1.60 bits per heavy atom. The fourth-order valence-electron chi connectivity index (χ4n) is 1.85. The molecule has 1 fully saturated rings. The molecule has 0 aliphatic carbocycles. The Labute approximate surface area is 92.0 Å². The van der Waals surface area contributed by atoms with Gasteiger partial charge in [-0.15, -0.1) is 0 Å². The van der Waals surface area contributed by atoms with E-state index in [0.717, 1.165) is 13.1 Å². The lowest BCUT2D eigenvalue weighted by Gasteiger charge is -2.24. The standard InChI is InChI=1S/C11H22N2O2/c1-13(6-7-15-2)11(14)8-10-4-3-5-12-9-10/h10,12H,3-9H2,1-2H3. The Morgan fingerprint density at radius 2 is 2.40 bits per heavy atom. The van der Waals surface area contributed by atoms with Crippen LogP contribution in [0.3, 0.4) is 0 Å². The number of methoxy groups -OCH3 is 1. The van der Waals surface area contributed by atoms with Gasteiger partial charge in [0, 0.05) is 27.1 Å². The number of carbonyl (C=O) groups is 1. The number of nitrogens with one attached hydrogen (secondary N) is 1. The molecule has 88 valence electrons. The van der Waals surface area contributed by atoms with Gasteiger partial charge in [0.15, 0.2) is 0 Å². The molecule has 1 aliphatic rings. The lowest BCUT2D eigenvalue weighted by atomic mass is 9.96. The minimum atomic E-state index is 0.237. The molecule has 4 nitrogen and oxygen atoms in total. The highest BCUT2D eigenvalue weighted by Crippen LogP contribution is 2.14. The average Bonchev–Trinajstić information content (AvgIpc) is 2.27. The lowest BCUT2D eigenvalue weighted by molar-refractivity contribution is -0.131. The fourth-order valence-corrected chi connectivity index (χ4v) is 1.85. The predicted molar refractivity (Wildman–Crippen MR) is 59.7 cm³/mol. The highest BCUT2D eigenvalue weighted by molar-refractivity contribution is 5.76. The molecule has 4 heteroatoms. The predicted octanol–water partition coefficient (Wildman–Crippen LogP) is 0.481. The molecule has 0 aromatic heterocycles. The summed E-state index contributed by atoms with van der Waals surface area (Å²) in [5.74, 6) is 0.761. The van der Waals surface area contributed by atoms with Gasteiger partial charge in [0.2, 0.25) is 5.91 Å². The van der Waals surface area contributed by atoms with Gasteiger partial charge >= 0.3 is 0 Å². The number of hydrogen-bond donors (Lipinski definition) is 1. The monoisotopic (exact) mass is 214 g/mol. The van der Waals surface area contributed by atoms with Crippen LogP contribution in [0.2, 0.25) is 0 Å². The van der Waals surface area contributed by atoms with Crippen LogP contribution in [-0.2, 0) is 9.53 Å². The number of ether oxygens (including phenoxy) is 1. The third kappa shape index (κ3) is 4.62. The lowest BCUT2D eigenvalue weighted by Crippen LogP contribution is -2.36. The maximum atomic E-state index is 11.8. The quantitative estimate of drug-likeness (QED) is 0.724. The number of rotatable bonds is 5. The van der Waals surface area contributed by atoms with Crippen molar-refractivity contribution in [2.75, 3.05) is 40.4 Å². The zero-order valence-electron chi connectivity index (χ0n) is 9.79. The summed E-state index contributed by atoms with van der Waals surface area (Å²) in [6, 6.07) is 0. The van der Waals surface area contributed by atoms with E-state index >= 15 is 0 Å². The van der Waals surface area contributed by atoms with Crippen LogP contribution in [-0.4, -0.2) is 51.2 Å². The smallest absolute Gasteiger partial charge is 0.222 e. The van der Waals surface area contributed by atoms with Crippen LogP contribution in [0.25, 0.3) is 0 Å². The number of nitrogens with zero attached hydrogens (tertiary/aromatic N) is 1. The number of carbonyl (C=O) groups excluding carboxylic acids is 1. The second kappa shape index (κ2) is 6.80. The molecule has 1 amide bonds. The number of amides is 1. The Hall–Kier alpha value is -0.610. The summed E-state index contributed by atoms with van der Waals surface area (Å²) in [7, 11) is 3.50. The maximum absolute atomic E-state index is 11.8. The first-order chi connectivity index (χ1) is 7.24. The van der Waals surface area contributed by atoms with Gasteiger partial charge in [0.05, 0.1) is 6.61 Å². The normalized spacial score (nSPS) is 21.3. The molecule has 1 N–H and O–H groups in total. The third-order valence-electron chi connectivity index (χ3n) is 2.92. The highest BCUT2D eigenvalue weighted by Gasteiger charge is 2.18. The second-order valence-corrected chi connectivity index (χ2v) is 4.22. The first-order valence-electron chi connectivity index (χ1n) is 5.67. The fraction of sp³-hybridized carbons (Fsp3) is 0.909. The van der Waals surface area contributed by atoms with Crippen molar-refractivity contribution in [3.8, 4) is 0 Å². The molecule has 0 bridgehead atoms. The zero-order chi connectivity index (χ0) is 11.1. The molecule has 0 spiro atoms.